The van der Waals surface area contributed by atoms with Gasteiger partial charge in [-0.1, -0.05) is 6.07 Å². The van der Waals surface area contributed by atoms with Crippen LogP contribution in [-0.4, -0.2) is 39.6 Å². The zero-order chi connectivity index (χ0) is 23.3. The summed E-state index contributed by atoms with van der Waals surface area (Å²) >= 11 is 1.41. The lowest BCUT2D eigenvalue weighted by atomic mass is 10.2. The highest BCUT2D eigenvalue weighted by Gasteiger charge is 2.18. The first kappa shape index (κ1) is 23.7. The van der Waals surface area contributed by atoms with Gasteiger partial charge in [-0.15, -0.1) is 11.3 Å². The van der Waals surface area contributed by atoms with Gasteiger partial charge >= 0.3 is 5.97 Å². The van der Waals surface area contributed by atoms with E-state index in [9.17, 15) is 13.2 Å². The van der Waals surface area contributed by atoms with Crippen molar-refractivity contribution in [2.75, 3.05) is 14.2 Å². The van der Waals surface area contributed by atoms with E-state index in [1.54, 1.807) is 39.5 Å². The molecule has 0 aliphatic heterocycles. The van der Waals surface area contributed by atoms with Gasteiger partial charge in [0.15, 0.2) is 11.5 Å². The molecule has 1 N–H and O–H groups in total. The predicted octanol–water partition coefficient (Wildman–Crippen LogP) is 3.87. The molecule has 2 aromatic carbocycles. The number of nitrogens with one attached hydrogen (secondary N) is 1. The number of ether oxygens (including phenoxy) is 3. The number of carbonyl (C=O) groups excluding carboxylic acids is 1. The summed E-state index contributed by atoms with van der Waals surface area (Å²) in [6.07, 6.45) is 0. The average Bonchev–Trinajstić information content (AvgIpc) is 3.25. The third kappa shape index (κ3) is 5.64. The van der Waals surface area contributed by atoms with Crippen molar-refractivity contribution >= 4 is 27.3 Å². The second kappa shape index (κ2) is 10.1. The third-order valence-electron chi connectivity index (χ3n) is 4.30. The van der Waals surface area contributed by atoms with Crippen LogP contribution in [0.1, 0.15) is 29.9 Å². The molecule has 3 aromatic rings. The molecule has 0 fully saturated rings. The molecule has 0 aliphatic rings. The Labute approximate surface area is 191 Å². The van der Waals surface area contributed by atoms with Crippen LogP contribution in [0.4, 0.5) is 0 Å². The van der Waals surface area contributed by atoms with Crippen LogP contribution < -0.4 is 14.2 Å². The first-order valence-corrected chi connectivity index (χ1v) is 12.1. The van der Waals surface area contributed by atoms with Gasteiger partial charge in [-0.3, -0.25) is 0 Å². The Hall–Kier alpha value is -2.95. The second-order valence-electron chi connectivity index (χ2n) is 7.09. The number of esters is 1. The van der Waals surface area contributed by atoms with Crippen LogP contribution in [0.5, 0.6) is 11.5 Å². The molecule has 3 rings (SSSR count). The minimum atomic E-state index is -3.71. The van der Waals surface area contributed by atoms with Crippen molar-refractivity contribution in [3.63, 3.8) is 0 Å². The molecule has 1 aromatic heterocycles. The monoisotopic (exact) mass is 476 g/mol. The summed E-state index contributed by atoms with van der Waals surface area (Å²) in [6, 6.07) is 11.0. The Morgan fingerprint density at radius 1 is 1.09 bits per heavy atom. The summed E-state index contributed by atoms with van der Waals surface area (Å²) in [5.41, 5.74) is 1.58. The number of methoxy groups -OCH3 is 2. The number of hydrogen-bond donors (Lipinski definition) is 1. The lowest BCUT2D eigenvalue weighted by molar-refractivity contribution is 0.0468. The number of thiazole rings is 1. The van der Waals surface area contributed by atoms with E-state index in [4.69, 9.17) is 14.2 Å². The van der Waals surface area contributed by atoms with E-state index in [2.05, 4.69) is 9.71 Å². The van der Waals surface area contributed by atoms with Crippen LogP contribution >= 0.6 is 11.3 Å². The normalized spacial score (nSPS) is 11.4. The van der Waals surface area contributed by atoms with Crippen molar-refractivity contribution in [1.29, 1.82) is 0 Å². The largest absolute Gasteiger partial charge is 0.493 e. The fourth-order valence-corrected chi connectivity index (χ4v) is 4.96. The van der Waals surface area contributed by atoms with Gasteiger partial charge in [0.1, 0.15) is 11.6 Å². The van der Waals surface area contributed by atoms with E-state index in [0.29, 0.717) is 17.2 Å². The number of sulfonamides is 1. The molecule has 0 saturated heterocycles. The molecule has 32 heavy (non-hydrogen) atoms. The number of aromatic nitrogens is 1. The molecule has 0 amide bonds. The Bertz CT molecular complexity index is 1200. The Morgan fingerprint density at radius 3 is 2.53 bits per heavy atom. The molecule has 10 heteroatoms. The van der Waals surface area contributed by atoms with Crippen LogP contribution in [0.3, 0.4) is 0 Å². The van der Waals surface area contributed by atoms with Gasteiger partial charge in [-0.25, -0.2) is 22.9 Å². The smallest absolute Gasteiger partial charge is 0.338 e. The Morgan fingerprint density at radius 2 is 1.84 bits per heavy atom. The maximum Gasteiger partial charge on any atom is 0.338 e. The van der Waals surface area contributed by atoms with Crippen molar-refractivity contribution in [2.45, 2.75) is 31.4 Å². The van der Waals surface area contributed by atoms with Gasteiger partial charge in [-0.2, -0.15) is 0 Å². The van der Waals surface area contributed by atoms with Crippen LogP contribution in [0.25, 0.3) is 10.6 Å². The highest BCUT2D eigenvalue weighted by Crippen LogP contribution is 2.33. The lowest BCUT2D eigenvalue weighted by Gasteiger charge is -2.10. The lowest BCUT2D eigenvalue weighted by Crippen LogP contribution is -2.30. The molecule has 0 spiro atoms. The predicted molar refractivity (Wildman–Crippen MR) is 122 cm³/mol. The Kier molecular flexibility index (Phi) is 7.49. The van der Waals surface area contributed by atoms with Crippen molar-refractivity contribution in [3.05, 3.63) is 59.1 Å². The van der Waals surface area contributed by atoms with Gasteiger partial charge in [0, 0.05) is 17.0 Å². The SMILES string of the molecule is COc1ccc(-c2nc(COC(=O)c3cccc(S(=O)(=O)NC(C)C)c3)cs2)cc1OC. The van der Waals surface area contributed by atoms with Crippen molar-refractivity contribution < 1.29 is 27.4 Å². The molecule has 1 heterocycles. The van der Waals surface area contributed by atoms with E-state index in [1.165, 1.54) is 35.6 Å². The quantitative estimate of drug-likeness (QED) is 0.468. The first-order chi connectivity index (χ1) is 15.2. The zero-order valence-electron chi connectivity index (χ0n) is 18.1. The summed E-state index contributed by atoms with van der Waals surface area (Å²) in [5, 5.41) is 2.54. The van der Waals surface area contributed by atoms with Crippen molar-refractivity contribution in [2.24, 2.45) is 0 Å². The summed E-state index contributed by atoms with van der Waals surface area (Å²) in [4.78, 5) is 17.0. The Balaban J connectivity index is 1.69. The molecule has 0 atom stereocenters. The highest BCUT2D eigenvalue weighted by molar-refractivity contribution is 7.89. The van der Waals surface area contributed by atoms with Gasteiger partial charge in [-0.05, 0) is 50.2 Å². The molecular weight excluding hydrogens is 452 g/mol. The fraction of sp³-hybridized carbons (Fsp3) is 0.273. The maximum atomic E-state index is 12.5. The molecule has 0 unspecified atom stereocenters. The topological polar surface area (TPSA) is 104 Å². The summed E-state index contributed by atoms with van der Waals surface area (Å²) in [5.74, 6) is 0.581. The third-order valence-corrected chi connectivity index (χ3v) is 6.90. The van der Waals surface area contributed by atoms with Crippen LogP contribution in [0, 0.1) is 0 Å². The maximum absolute atomic E-state index is 12.5. The van der Waals surface area contributed by atoms with E-state index in [0.717, 1.165) is 10.6 Å². The zero-order valence-corrected chi connectivity index (χ0v) is 19.7. The molecule has 0 radical (unpaired) electrons. The van der Waals surface area contributed by atoms with Gasteiger partial charge in [0.05, 0.1) is 30.4 Å². The van der Waals surface area contributed by atoms with Crippen molar-refractivity contribution in [1.82, 2.24) is 9.71 Å². The highest BCUT2D eigenvalue weighted by atomic mass is 32.2. The summed E-state index contributed by atoms with van der Waals surface area (Å²) < 4.78 is 43.1. The molecule has 8 nitrogen and oxygen atoms in total. The summed E-state index contributed by atoms with van der Waals surface area (Å²) in [6.45, 7) is 3.41. The van der Waals surface area contributed by atoms with E-state index in [1.807, 2.05) is 12.1 Å². The van der Waals surface area contributed by atoms with E-state index < -0.39 is 16.0 Å². The van der Waals surface area contributed by atoms with E-state index >= 15 is 0 Å². The van der Waals surface area contributed by atoms with Crippen LogP contribution in [0.2, 0.25) is 0 Å². The number of carbonyl (C=O) groups is 1. The molecule has 0 saturated carbocycles. The minimum Gasteiger partial charge on any atom is -0.493 e. The van der Waals surface area contributed by atoms with Crippen LogP contribution in [0.15, 0.2) is 52.7 Å². The number of hydrogen-bond acceptors (Lipinski definition) is 8. The van der Waals surface area contributed by atoms with E-state index in [-0.39, 0.29) is 23.1 Å². The number of rotatable bonds is 9. The minimum absolute atomic E-state index is 0.00467. The fourth-order valence-electron chi connectivity index (χ4n) is 2.87. The molecular formula is C22H24N2O6S2. The molecule has 0 bridgehead atoms. The molecule has 170 valence electrons. The summed E-state index contributed by atoms with van der Waals surface area (Å²) in [7, 11) is -0.577. The number of benzene rings is 2. The second-order valence-corrected chi connectivity index (χ2v) is 9.67. The van der Waals surface area contributed by atoms with Gasteiger partial charge < -0.3 is 14.2 Å². The van der Waals surface area contributed by atoms with Gasteiger partial charge in [0.2, 0.25) is 10.0 Å². The molecule has 0 aliphatic carbocycles. The average molecular weight is 477 g/mol. The standard InChI is InChI=1S/C22H24N2O6S2/c1-14(2)24-32(26,27)18-7-5-6-16(10-18)22(25)30-12-17-13-31-21(23-17)15-8-9-19(28-3)20(11-15)29-4/h5-11,13-14,24H,12H2,1-4H3. The van der Waals surface area contributed by atoms with Crippen LogP contribution in [-0.2, 0) is 21.4 Å². The first-order valence-electron chi connectivity index (χ1n) is 9.70. The number of nitrogens with zero attached hydrogens (tertiary/aromatic N) is 1. The van der Waals surface area contributed by atoms with Crippen molar-refractivity contribution in [3.8, 4) is 22.1 Å². The van der Waals surface area contributed by atoms with Gasteiger partial charge in [0.25, 0.3) is 0 Å².